The molecule has 2 aromatic rings. The van der Waals surface area contributed by atoms with Crippen molar-refractivity contribution in [1.29, 1.82) is 0 Å². The van der Waals surface area contributed by atoms with Crippen LogP contribution >= 0.6 is 15.9 Å². The van der Waals surface area contributed by atoms with E-state index in [9.17, 15) is 22.8 Å². The maximum absolute atomic E-state index is 13.9. The second-order valence-corrected chi connectivity index (χ2v) is 8.58. The Bertz CT molecular complexity index is 1150. The number of allylic oxidation sites excluding steroid dienone is 3. The summed E-state index contributed by atoms with van der Waals surface area (Å²) in [5.74, 6) is -1.75. The zero-order valence-electron chi connectivity index (χ0n) is 17.0. The number of anilines is 1. The van der Waals surface area contributed by atoms with Crippen molar-refractivity contribution in [3.8, 4) is 0 Å². The lowest BCUT2D eigenvalue weighted by Crippen LogP contribution is -2.36. The maximum atomic E-state index is 13.9. The van der Waals surface area contributed by atoms with Gasteiger partial charge in [0.15, 0.2) is 5.78 Å². The lowest BCUT2D eigenvalue weighted by molar-refractivity contribution is -0.138. The van der Waals surface area contributed by atoms with E-state index < -0.39 is 23.6 Å². The number of nitrogens with one attached hydrogen (secondary N) is 2. The molecular formula is C23H19BrF3N3O2. The number of hydrogen-bond acceptors (Lipinski definition) is 4. The summed E-state index contributed by atoms with van der Waals surface area (Å²) in [6, 6.07) is 8.36. The summed E-state index contributed by atoms with van der Waals surface area (Å²) >= 11 is 3.26. The molecule has 1 aliphatic heterocycles. The number of halogens is 4. The minimum Gasteiger partial charge on any atom is -0.362 e. The van der Waals surface area contributed by atoms with Gasteiger partial charge in [-0.3, -0.25) is 9.59 Å². The van der Waals surface area contributed by atoms with Crippen LogP contribution in [0.2, 0.25) is 0 Å². The van der Waals surface area contributed by atoms with Gasteiger partial charge in [-0.2, -0.15) is 13.2 Å². The van der Waals surface area contributed by atoms with E-state index in [1.165, 1.54) is 24.4 Å². The highest BCUT2D eigenvalue weighted by Gasteiger charge is 2.43. The average Bonchev–Trinajstić information content (AvgIpc) is 2.74. The molecule has 1 atom stereocenters. The van der Waals surface area contributed by atoms with Crippen LogP contribution in [0.4, 0.5) is 19.0 Å². The van der Waals surface area contributed by atoms with Gasteiger partial charge in [0.25, 0.3) is 5.91 Å². The molecule has 2 aliphatic rings. The number of pyridine rings is 1. The van der Waals surface area contributed by atoms with Gasteiger partial charge < -0.3 is 10.6 Å². The van der Waals surface area contributed by atoms with E-state index >= 15 is 0 Å². The fourth-order valence-corrected chi connectivity index (χ4v) is 4.47. The third-order valence-electron chi connectivity index (χ3n) is 5.57. The van der Waals surface area contributed by atoms with Crippen LogP contribution in [0.3, 0.4) is 0 Å². The van der Waals surface area contributed by atoms with Crippen molar-refractivity contribution in [2.75, 3.05) is 5.32 Å². The van der Waals surface area contributed by atoms with Crippen molar-refractivity contribution in [3.05, 3.63) is 80.7 Å². The number of amides is 1. The predicted octanol–water partition coefficient (Wildman–Crippen LogP) is 5.47. The van der Waals surface area contributed by atoms with Crippen LogP contribution in [0.5, 0.6) is 0 Å². The van der Waals surface area contributed by atoms with E-state index in [0.29, 0.717) is 28.7 Å². The number of alkyl halides is 3. The van der Waals surface area contributed by atoms with E-state index in [-0.39, 0.29) is 34.7 Å². The number of Topliss-reactive ketones (excluding diaryl/α,β-unsaturated/α-hetero) is 1. The lowest BCUT2D eigenvalue weighted by Gasteiger charge is -2.35. The third-order valence-corrected chi connectivity index (χ3v) is 6.04. The van der Waals surface area contributed by atoms with Crippen molar-refractivity contribution in [1.82, 2.24) is 10.3 Å². The van der Waals surface area contributed by atoms with Gasteiger partial charge in [0.05, 0.1) is 5.56 Å². The van der Waals surface area contributed by atoms with Crippen LogP contribution in [0.25, 0.3) is 0 Å². The number of aromatic nitrogens is 1. The van der Waals surface area contributed by atoms with Crippen LogP contribution in [0.1, 0.15) is 43.2 Å². The van der Waals surface area contributed by atoms with Gasteiger partial charge in [-0.25, -0.2) is 4.98 Å². The Morgan fingerprint density at radius 3 is 2.62 bits per heavy atom. The first-order valence-electron chi connectivity index (χ1n) is 10.00. The molecule has 1 aliphatic carbocycles. The Hall–Kier alpha value is -2.94. The second-order valence-electron chi connectivity index (χ2n) is 7.67. The molecule has 4 rings (SSSR count). The molecule has 2 N–H and O–H groups in total. The molecule has 2 heterocycles. The molecule has 0 spiro atoms. The van der Waals surface area contributed by atoms with Crippen LogP contribution in [-0.2, 0) is 15.8 Å². The van der Waals surface area contributed by atoms with Crippen molar-refractivity contribution in [2.24, 2.45) is 0 Å². The largest absolute Gasteiger partial charge is 0.416 e. The molecule has 32 heavy (non-hydrogen) atoms. The van der Waals surface area contributed by atoms with E-state index in [1.54, 1.807) is 19.1 Å². The molecule has 0 saturated heterocycles. The van der Waals surface area contributed by atoms with E-state index in [2.05, 4.69) is 31.5 Å². The monoisotopic (exact) mass is 505 g/mol. The minimum atomic E-state index is -4.64. The van der Waals surface area contributed by atoms with Gasteiger partial charge >= 0.3 is 6.18 Å². The van der Waals surface area contributed by atoms with Gasteiger partial charge in [-0.1, -0.05) is 18.2 Å². The number of carbonyl (C=O) groups is 2. The van der Waals surface area contributed by atoms with Crippen molar-refractivity contribution in [3.63, 3.8) is 0 Å². The maximum Gasteiger partial charge on any atom is 0.416 e. The smallest absolute Gasteiger partial charge is 0.362 e. The molecule has 1 amide bonds. The van der Waals surface area contributed by atoms with E-state index in [0.717, 1.165) is 6.07 Å². The van der Waals surface area contributed by atoms with Crippen LogP contribution < -0.4 is 10.6 Å². The first-order chi connectivity index (χ1) is 15.2. The first kappa shape index (κ1) is 22.3. The molecule has 1 aromatic heterocycles. The molecular weight excluding hydrogens is 487 g/mol. The van der Waals surface area contributed by atoms with Gasteiger partial charge in [0, 0.05) is 45.5 Å². The molecule has 0 bridgehead atoms. The highest BCUT2D eigenvalue weighted by molar-refractivity contribution is 9.10. The van der Waals surface area contributed by atoms with Gasteiger partial charge in [-0.05, 0) is 59.5 Å². The topological polar surface area (TPSA) is 71.1 Å². The predicted molar refractivity (Wildman–Crippen MR) is 116 cm³/mol. The van der Waals surface area contributed by atoms with Crippen LogP contribution in [0, 0.1) is 0 Å². The Morgan fingerprint density at radius 1 is 1.19 bits per heavy atom. The normalized spacial score (nSPS) is 18.9. The van der Waals surface area contributed by atoms with Crippen molar-refractivity contribution < 1.29 is 22.8 Å². The Balaban J connectivity index is 1.86. The Morgan fingerprint density at radius 2 is 1.94 bits per heavy atom. The zero-order valence-corrected chi connectivity index (χ0v) is 18.6. The van der Waals surface area contributed by atoms with Crippen molar-refractivity contribution >= 4 is 33.4 Å². The molecule has 5 nitrogen and oxygen atoms in total. The lowest BCUT2D eigenvalue weighted by atomic mass is 9.73. The number of carbonyl (C=O) groups excluding carboxylic acids is 2. The number of ketones is 1. The van der Waals surface area contributed by atoms with Gasteiger partial charge in [0.2, 0.25) is 0 Å². The SMILES string of the molecule is CC1=C(C(=O)Nc2ccc(Br)cn2)[C@H](c2ccccc2C(F)(F)F)C2=C(CCCC2=O)N1. The average molecular weight is 506 g/mol. The molecule has 166 valence electrons. The molecule has 0 radical (unpaired) electrons. The van der Waals surface area contributed by atoms with E-state index in [4.69, 9.17) is 0 Å². The third kappa shape index (κ3) is 4.21. The number of hydrogen-bond donors (Lipinski definition) is 2. The van der Waals surface area contributed by atoms with Gasteiger partial charge in [-0.15, -0.1) is 0 Å². The Labute approximate surface area is 190 Å². The standard InChI is InChI=1S/C23H19BrF3N3O2/c1-12-19(22(32)30-18-10-9-13(24)11-28-18)20(21-16(29-12)7-4-8-17(21)31)14-5-2-3-6-15(14)23(25,26)27/h2-3,5-6,9-11,20,29H,4,7-8H2,1H3,(H,28,30,32)/t20-/m0/s1. The summed E-state index contributed by atoms with van der Waals surface area (Å²) in [5.41, 5.74) is 0.316. The summed E-state index contributed by atoms with van der Waals surface area (Å²) in [4.78, 5) is 30.3. The number of benzene rings is 1. The van der Waals surface area contributed by atoms with E-state index in [1.807, 2.05) is 0 Å². The highest BCUT2D eigenvalue weighted by atomic mass is 79.9. The summed E-state index contributed by atoms with van der Waals surface area (Å²) < 4.78 is 42.4. The Kier molecular flexibility index (Phi) is 5.94. The quantitative estimate of drug-likeness (QED) is 0.580. The summed E-state index contributed by atoms with van der Waals surface area (Å²) in [6.45, 7) is 1.63. The van der Waals surface area contributed by atoms with Crippen LogP contribution in [-0.4, -0.2) is 16.7 Å². The molecule has 0 saturated carbocycles. The summed E-state index contributed by atoms with van der Waals surface area (Å²) in [6.07, 6.45) is -1.77. The first-order valence-corrected chi connectivity index (χ1v) is 10.8. The molecule has 0 unspecified atom stereocenters. The fraction of sp³-hybridized carbons (Fsp3) is 0.261. The fourth-order valence-electron chi connectivity index (χ4n) is 4.24. The summed E-state index contributed by atoms with van der Waals surface area (Å²) in [7, 11) is 0. The van der Waals surface area contributed by atoms with Crippen molar-refractivity contribution in [2.45, 2.75) is 38.3 Å². The number of rotatable bonds is 3. The second kappa shape index (κ2) is 8.54. The number of dihydropyridines is 1. The minimum absolute atomic E-state index is 0.0698. The van der Waals surface area contributed by atoms with Gasteiger partial charge in [0.1, 0.15) is 5.82 Å². The molecule has 0 fully saturated rings. The highest BCUT2D eigenvalue weighted by Crippen LogP contribution is 2.46. The molecule has 9 heteroatoms. The zero-order chi connectivity index (χ0) is 23.0. The number of nitrogens with zero attached hydrogens (tertiary/aromatic N) is 1. The molecule has 1 aromatic carbocycles. The summed E-state index contributed by atoms with van der Waals surface area (Å²) in [5, 5.41) is 5.75. The van der Waals surface area contributed by atoms with Crippen LogP contribution in [0.15, 0.2) is 69.6 Å².